The van der Waals surface area contributed by atoms with E-state index in [0.29, 0.717) is 5.39 Å². The zero-order valence-corrected chi connectivity index (χ0v) is 8.49. The number of phenols is 1. The van der Waals surface area contributed by atoms with Gasteiger partial charge in [-0.1, -0.05) is 12.1 Å². The Balaban J connectivity index is 0.00000112. The van der Waals surface area contributed by atoms with Crippen molar-refractivity contribution in [1.29, 1.82) is 0 Å². The van der Waals surface area contributed by atoms with E-state index in [-0.39, 0.29) is 23.7 Å². The molecule has 78 valence electrons. The molecule has 0 amide bonds. The lowest BCUT2D eigenvalue weighted by atomic mass is 10.0. The van der Waals surface area contributed by atoms with E-state index in [1.54, 1.807) is 30.3 Å². The van der Waals surface area contributed by atoms with Crippen molar-refractivity contribution in [3.05, 3.63) is 42.0 Å². The summed E-state index contributed by atoms with van der Waals surface area (Å²) in [6.45, 7) is 0. The van der Waals surface area contributed by atoms with Crippen LogP contribution in [0.4, 0.5) is 0 Å². The molecule has 0 aliphatic heterocycles. The lowest BCUT2D eigenvalue weighted by Crippen LogP contribution is -1.96. The molecule has 0 bridgehead atoms. The van der Waals surface area contributed by atoms with Crippen molar-refractivity contribution in [2.24, 2.45) is 0 Å². The van der Waals surface area contributed by atoms with E-state index < -0.39 is 5.97 Å². The van der Waals surface area contributed by atoms with E-state index in [1.807, 2.05) is 0 Å². The van der Waals surface area contributed by atoms with E-state index in [9.17, 15) is 9.90 Å². The number of carbonyl (C=O) groups is 1. The van der Waals surface area contributed by atoms with E-state index in [1.165, 1.54) is 6.07 Å². The lowest BCUT2D eigenvalue weighted by molar-refractivity contribution is 0.0699. The summed E-state index contributed by atoms with van der Waals surface area (Å²) in [4.78, 5) is 10.8. The van der Waals surface area contributed by atoms with Crippen molar-refractivity contribution in [3.8, 4) is 5.75 Å². The summed E-state index contributed by atoms with van der Waals surface area (Å²) in [5.41, 5.74) is 0.252. The van der Waals surface area contributed by atoms with Crippen LogP contribution in [-0.2, 0) is 0 Å². The molecule has 2 rings (SSSR count). The van der Waals surface area contributed by atoms with Gasteiger partial charge in [-0.15, -0.1) is 12.4 Å². The van der Waals surface area contributed by atoms with Crippen molar-refractivity contribution < 1.29 is 15.0 Å². The third kappa shape index (κ3) is 2.02. The van der Waals surface area contributed by atoms with Crippen LogP contribution in [0.15, 0.2) is 36.4 Å². The molecule has 0 heterocycles. The van der Waals surface area contributed by atoms with E-state index in [4.69, 9.17) is 5.11 Å². The number of halogens is 1. The second-order valence-electron chi connectivity index (χ2n) is 3.02. The molecule has 15 heavy (non-hydrogen) atoms. The van der Waals surface area contributed by atoms with Gasteiger partial charge in [-0.05, 0) is 35.0 Å². The number of phenolic OH excluding ortho intramolecular Hbond substituents is 1. The molecule has 0 atom stereocenters. The molecule has 0 aromatic heterocycles. The second-order valence-corrected chi connectivity index (χ2v) is 3.02. The highest BCUT2D eigenvalue weighted by molar-refractivity contribution is 6.03. The molecule has 4 heteroatoms. The number of rotatable bonds is 1. The van der Waals surface area contributed by atoms with Crippen LogP contribution < -0.4 is 0 Å². The molecule has 0 saturated carbocycles. The monoisotopic (exact) mass is 224 g/mol. The molecule has 0 fully saturated rings. The molecular formula is C11H9ClO3. The minimum absolute atomic E-state index is 0. The van der Waals surface area contributed by atoms with Crippen LogP contribution in [0.25, 0.3) is 10.8 Å². The second kappa shape index (κ2) is 4.19. The van der Waals surface area contributed by atoms with Crippen molar-refractivity contribution in [1.82, 2.24) is 0 Å². The number of aromatic carboxylic acids is 1. The van der Waals surface area contributed by atoms with E-state index in [0.717, 1.165) is 5.39 Å². The van der Waals surface area contributed by atoms with E-state index in [2.05, 4.69) is 0 Å². The van der Waals surface area contributed by atoms with Crippen molar-refractivity contribution in [3.63, 3.8) is 0 Å². The van der Waals surface area contributed by atoms with Gasteiger partial charge in [-0.25, -0.2) is 4.79 Å². The Morgan fingerprint density at radius 1 is 1.13 bits per heavy atom. The van der Waals surface area contributed by atoms with Crippen LogP contribution in [0.2, 0.25) is 0 Å². The van der Waals surface area contributed by atoms with Crippen LogP contribution in [0.3, 0.4) is 0 Å². The van der Waals surface area contributed by atoms with Gasteiger partial charge in [0.1, 0.15) is 5.75 Å². The third-order valence-electron chi connectivity index (χ3n) is 2.09. The molecule has 0 spiro atoms. The maximum atomic E-state index is 10.8. The average Bonchev–Trinajstić information content (AvgIpc) is 2.16. The van der Waals surface area contributed by atoms with Crippen molar-refractivity contribution in [2.75, 3.05) is 0 Å². The van der Waals surface area contributed by atoms with Gasteiger partial charge in [-0.3, -0.25) is 0 Å². The van der Waals surface area contributed by atoms with Gasteiger partial charge in [0.15, 0.2) is 0 Å². The Morgan fingerprint density at radius 2 is 1.87 bits per heavy atom. The Morgan fingerprint density at radius 3 is 2.53 bits per heavy atom. The van der Waals surface area contributed by atoms with Crippen LogP contribution in [0, 0.1) is 0 Å². The molecule has 3 nitrogen and oxygen atoms in total. The third-order valence-corrected chi connectivity index (χ3v) is 2.09. The lowest BCUT2D eigenvalue weighted by Gasteiger charge is -2.02. The number of carboxylic acid groups (broad SMARTS) is 1. The molecule has 0 aliphatic carbocycles. The largest absolute Gasteiger partial charge is 0.508 e. The van der Waals surface area contributed by atoms with Crippen LogP contribution >= 0.6 is 12.4 Å². The minimum Gasteiger partial charge on any atom is -0.508 e. The molecule has 2 N–H and O–H groups in total. The molecular weight excluding hydrogens is 216 g/mol. The predicted molar refractivity (Wildman–Crippen MR) is 59.8 cm³/mol. The van der Waals surface area contributed by atoms with Crippen LogP contribution in [-0.4, -0.2) is 16.2 Å². The fraction of sp³-hybridized carbons (Fsp3) is 0. The van der Waals surface area contributed by atoms with Crippen molar-refractivity contribution >= 4 is 29.1 Å². The number of hydrogen-bond acceptors (Lipinski definition) is 2. The average molecular weight is 225 g/mol. The quantitative estimate of drug-likeness (QED) is 0.783. The molecule has 2 aromatic rings. The smallest absolute Gasteiger partial charge is 0.336 e. The maximum Gasteiger partial charge on any atom is 0.336 e. The predicted octanol–water partition coefficient (Wildman–Crippen LogP) is 2.67. The fourth-order valence-corrected chi connectivity index (χ4v) is 1.46. The van der Waals surface area contributed by atoms with Crippen LogP contribution in [0.5, 0.6) is 5.75 Å². The van der Waals surface area contributed by atoms with Gasteiger partial charge in [0.2, 0.25) is 0 Å². The molecule has 0 radical (unpaired) electrons. The first kappa shape index (κ1) is 11.3. The highest BCUT2D eigenvalue weighted by Gasteiger charge is 2.07. The molecule has 0 saturated heterocycles. The zero-order chi connectivity index (χ0) is 10.1. The Kier molecular flexibility index (Phi) is 3.17. The zero-order valence-electron chi connectivity index (χ0n) is 7.68. The maximum absolute atomic E-state index is 10.8. The summed E-state index contributed by atoms with van der Waals surface area (Å²) in [5.74, 6) is -0.818. The van der Waals surface area contributed by atoms with E-state index >= 15 is 0 Å². The summed E-state index contributed by atoms with van der Waals surface area (Å²) in [7, 11) is 0. The summed E-state index contributed by atoms with van der Waals surface area (Å²) in [5, 5.41) is 19.5. The Hall–Kier alpha value is -1.74. The van der Waals surface area contributed by atoms with Gasteiger partial charge >= 0.3 is 5.97 Å². The number of fused-ring (bicyclic) bond motifs is 1. The summed E-state index contributed by atoms with van der Waals surface area (Å²) in [6.07, 6.45) is 0. The standard InChI is InChI=1S/C11H8O3.ClH/c12-8-4-5-9-7(6-8)2-1-3-10(9)11(13)14;/h1-6,12H,(H,13,14);1H. The highest BCUT2D eigenvalue weighted by atomic mass is 35.5. The Labute approximate surface area is 92.4 Å². The molecule has 0 unspecified atom stereocenters. The minimum atomic E-state index is -0.957. The van der Waals surface area contributed by atoms with Gasteiger partial charge in [0.05, 0.1) is 5.56 Å². The highest BCUT2D eigenvalue weighted by Crippen LogP contribution is 2.22. The molecule has 0 aliphatic rings. The van der Waals surface area contributed by atoms with Gasteiger partial charge < -0.3 is 10.2 Å². The number of carboxylic acids is 1. The van der Waals surface area contributed by atoms with Crippen LogP contribution in [0.1, 0.15) is 10.4 Å². The summed E-state index contributed by atoms with van der Waals surface area (Å²) >= 11 is 0. The number of hydrogen-bond donors (Lipinski definition) is 2. The number of benzene rings is 2. The normalized spacial score (nSPS) is 9.60. The topological polar surface area (TPSA) is 57.5 Å². The summed E-state index contributed by atoms with van der Waals surface area (Å²) in [6, 6.07) is 9.60. The number of aromatic hydroxyl groups is 1. The first-order chi connectivity index (χ1) is 6.68. The molecule has 2 aromatic carbocycles. The van der Waals surface area contributed by atoms with Crippen molar-refractivity contribution in [2.45, 2.75) is 0 Å². The van der Waals surface area contributed by atoms with Gasteiger partial charge in [-0.2, -0.15) is 0 Å². The van der Waals surface area contributed by atoms with Gasteiger partial charge in [0, 0.05) is 0 Å². The van der Waals surface area contributed by atoms with Gasteiger partial charge in [0.25, 0.3) is 0 Å². The first-order valence-corrected chi connectivity index (χ1v) is 4.13. The summed E-state index contributed by atoms with van der Waals surface area (Å²) < 4.78 is 0. The Bertz CT molecular complexity index is 508. The first-order valence-electron chi connectivity index (χ1n) is 4.13. The fourth-order valence-electron chi connectivity index (χ4n) is 1.46. The SMILES string of the molecule is Cl.O=C(O)c1cccc2cc(O)ccc12.